The van der Waals surface area contributed by atoms with Crippen LogP contribution < -0.4 is 10.2 Å². The number of hydrogen-bond donors (Lipinski definition) is 1. The predicted octanol–water partition coefficient (Wildman–Crippen LogP) is 4.36. The second-order valence-electron chi connectivity index (χ2n) is 6.08. The molecule has 0 saturated carbocycles. The minimum atomic E-state index is -0.000234. The number of pyridine rings is 1. The maximum atomic E-state index is 5.68. The van der Waals surface area contributed by atoms with E-state index in [4.69, 9.17) is 12.2 Å². The van der Waals surface area contributed by atoms with Crippen molar-refractivity contribution in [2.45, 2.75) is 12.1 Å². The number of nitrogens with one attached hydrogen (secondary N) is 1. The molecule has 4 rings (SSSR count). The minimum Gasteiger partial charge on any atom is -0.357 e. The average Bonchev–Trinajstić information content (AvgIpc) is 3.20. The van der Waals surface area contributed by atoms with E-state index in [-0.39, 0.29) is 12.1 Å². The number of aryl methyl sites for hydroxylation is 1. The Morgan fingerprint density at radius 2 is 1.92 bits per heavy atom. The van der Waals surface area contributed by atoms with Crippen LogP contribution in [0.15, 0.2) is 71.6 Å². The van der Waals surface area contributed by atoms with Crippen molar-refractivity contribution in [3.8, 4) is 0 Å². The fraction of sp³-hybridized carbons (Fsp3) is 0.158. The van der Waals surface area contributed by atoms with Gasteiger partial charge in [0.25, 0.3) is 0 Å². The highest BCUT2D eigenvalue weighted by Crippen LogP contribution is 2.41. The van der Waals surface area contributed by atoms with E-state index in [1.54, 1.807) is 0 Å². The summed E-state index contributed by atoms with van der Waals surface area (Å²) in [6.07, 6.45) is 6.03. The van der Waals surface area contributed by atoms with Crippen molar-refractivity contribution in [2.75, 3.05) is 4.90 Å². The summed E-state index contributed by atoms with van der Waals surface area (Å²) in [7, 11) is 2.03. The lowest BCUT2D eigenvalue weighted by atomic mass is 9.99. The minimum absolute atomic E-state index is 0.000234. The molecule has 2 unspecified atom stereocenters. The summed E-state index contributed by atoms with van der Waals surface area (Å²) in [5.74, 6) is 0. The predicted molar refractivity (Wildman–Crippen MR) is 107 cm³/mol. The Bertz CT molecular complexity index is 891. The number of hydrogen-bond acceptors (Lipinski definition) is 2. The molecule has 126 valence electrons. The molecule has 1 aliphatic rings. The molecule has 0 radical (unpaired) electrons. The van der Waals surface area contributed by atoms with Crippen LogP contribution in [0.5, 0.6) is 0 Å². The molecule has 3 aromatic rings. The van der Waals surface area contributed by atoms with Crippen LogP contribution in [0.4, 0.5) is 5.69 Å². The molecule has 0 amide bonds. The Kier molecular flexibility index (Phi) is 4.31. The Morgan fingerprint density at radius 1 is 1.12 bits per heavy atom. The smallest absolute Gasteiger partial charge is 0.174 e. The highest BCUT2D eigenvalue weighted by molar-refractivity contribution is 9.10. The summed E-state index contributed by atoms with van der Waals surface area (Å²) < 4.78 is 3.11. The van der Waals surface area contributed by atoms with E-state index in [1.807, 2.05) is 43.6 Å². The topological polar surface area (TPSA) is 33.1 Å². The Hall–Kier alpha value is -2.18. The van der Waals surface area contributed by atoms with Gasteiger partial charge in [0.05, 0.1) is 17.8 Å². The van der Waals surface area contributed by atoms with Gasteiger partial charge in [0.1, 0.15) is 0 Å². The van der Waals surface area contributed by atoms with E-state index >= 15 is 0 Å². The van der Waals surface area contributed by atoms with Gasteiger partial charge in [-0.05, 0) is 60.2 Å². The lowest BCUT2D eigenvalue weighted by molar-refractivity contribution is 0.567. The summed E-state index contributed by atoms with van der Waals surface area (Å²) >= 11 is 9.19. The van der Waals surface area contributed by atoms with Crippen LogP contribution in [0.2, 0.25) is 0 Å². The summed E-state index contributed by atoms with van der Waals surface area (Å²) in [5.41, 5.74) is 3.25. The van der Waals surface area contributed by atoms with E-state index in [9.17, 15) is 0 Å². The molecule has 6 heteroatoms. The van der Waals surface area contributed by atoms with E-state index in [1.165, 1.54) is 5.56 Å². The average molecular weight is 413 g/mol. The third kappa shape index (κ3) is 3.07. The zero-order valence-corrected chi connectivity index (χ0v) is 16.0. The number of thiocarbonyl (C=S) groups is 1. The molecule has 1 N–H and O–H groups in total. The van der Waals surface area contributed by atoms with E-state index in [0.29, 0.717) is 5.11 Å². The van der Waals surface area contributed by atoms with Gasteiger partial charge in [0, 0.05) is 35.8 Å². The first-order valence-corrected chi connectivity index (χ1v) is 9.22. The fourth-order valence-corrected chi connectivity index (χ4v) is 3.88. The first-order valence-electron chi connectivity index (χ1n) is 8.01. The van der Waals surface area contributed by atoms with E-state index < -0.39 is 0 Å². The maximum absolute atomic E-state index is 5.68. The van der Waals surface area contributed by atoms with Gasteiger partial charge < -0.3 is 14.8 Å². The molecular weight excluding hydrogens is 396 g/mol. The quantitative estimate of drug-likeness (QED) is 0.647. The van der Waals surface area contributed by atoms with Crippen LogP contribution in [-0.2, 0) is 7.05 Å². The largest absolute Gasteiger partial charge is 0.357 e. The van der Waals surface area contributed by atoms with Gasteiger partial charge in [-0.1, -0.05) is 22.0 Å². The van der Waals surface area contributed by atoms with Crippen molar-refractivity contribution in [1.29, 1.82) is 0 Å². The molecule has 1 aliphatic heterocycles. The Labute approximate surface area is 160 Å². The first kappa shape index (κ1) is 16.3. The van der Waals surface area contributed by atoms with Crippen molar-refractivity contribution in [1.82, 2.24) is 14.9 Å². The fourth-order valence-electron chi connectivity index (χ4n) is 3.27. The lowest BCUT2D eigenvalue weighted by Crippen LogP contribution is -2.29. The molecule has 2 aromatic heterocycles. The van der Waals surface area contributed by atoms with Crippen molar-refractivity contribution in [3.05, 3.63) is 82.9 Å². The van der Waals surface area contributed by atoms with Crippen LogP contribution in [0.1, 0.15) is 23.3 Å². The van der Waals surface area contributed by atoms with Crippen molar-refractivity contribution < 1.29 is 0 Å². The summed E-state index contributed by atoms with van der Waals surface area (Å²) in [4.78, 5) is 6.73. The zero-order chi connectivity index (χ0) is 17.4. The third-order valence-corrected chi connectivity index (χ3v) is 5.24. The highest BCUT2D eigenvalue weighted by atomic mass is 79.9. The number of benzene rings is 1. The molecule has 1 fully saturated rings. The normalized spacial score (nSPS) is 19.9. The SMILES string of the molecule is Cn1ccc(C2C(c3ccccn3)NC(=S)N2c2ccc(Br)cc2)c1. The highest BCUT2D eigenvalue weighted by Gasteiger charge is 2.40. The number of aromatic nitrogens is 2. The molecule has 1 saturated heterocycles. The summed E-state index contributed by atoms with van der Waals surface area (Å²) in [5, 5.41) is 4.18. The van der Waals surface area contributed by atoms with Gasteiger partial charge >= 0.3 is 0 Å². The van der Waals surface area contributed by atoms with Gasteiger partial charge in [-0.2, -0.15) is 0 Å². The van der Waals surface area contributed by atoms with Crippen LogP contribution in [0.3, 0.4) is 0 Å². The van der Waals surface area contributed by atoms with Crippen LogP contribution in [0.25, 0.3) is 0 Å². The second-order valence-corrected chi connectivity index (χ2v) is 7.39. The van der Waals surface area contributed by atoms with Crippen molar-refractivity contribution >= 4 is 38.9 Å². The molecule has 0 aliphatic carbocycles. The summed E-state index contributed by atoms with van der Waals surface area (Å²) in [6.45, 7) is 0. The molecule has 0 bridgehead atoms. The first-order chi connectivity index (χ1) is 12.1. The number of rotatable bonds is 3. The van der Waals surface area contributed by atoms with Gasteiger partial charge in [-0.3, -0.25) is 4.98 Å². The van der Waals surface area contributed by atoms with Crippen LogP contribution in [0, 0.1) is 0 Å². The maximum Gasteiger partial charge on any atom is 0.174 e. The summed E-state index contributed by atoms with van der Waals surface area (Å²) in [6, 6.07) is 16.4. The van der Waals surface area contributed by atoms with E-state index in [0.717, 1.165) is 15.9 Å². The molecule has 2 atom stereocenters. The molecule has 3 heterocycles. The zero-order valence-electron chi connectivity index (χ0n) is 13.6. The van der Waals surface area contributed by atoms with Gasteiger partial charge in [0.2, 0.25) is 0 Å². The van der Waals surface area contributed by atoms with Gasteiger partial charge in [0.15, 0.2) is 5.11 Å². The van der Waals surface area contributed by atoms with Gasteiger partial charge in [-0.15, -0.1) is 0 Å². The monoisotopic (exact) mass is 412 g/mol. The van der Waals surface area contributed by atoms with Crippen LogP contribution >= 0.6 is 28.1 Å². The number of nitrogens with zero attached hydrogens (tertiary/aromatic N) is 3. The van der Waals surface area contributed by atoms with Gasteiger partial charge in [-0.25, -0.2) is 0 Å². The number of halogens is 1. The second kappa shape index (κ2) is 6.61. The molecule has 25 heavy (non-hydrogen) atoms. The van der Waals surface area contributed by atoms with Crippen LogP contribution in [-0.4, -0.2) is 14.7 Å². The Morgan fingerprint density at radius 3 is 2.56 bits per heavy atom. The molecule has 1 aromatic carbocycles. The third-order valence-electron chi connectivity index (χ3n) is 4.40. The van der Waals surface area contributed by atoms with E-state index in [2.05, 4.69) is 66.3 Å². The molecular formula is C19H17BrN4S. The molecule has 0 spiro atoms. The molecule has 4 nitrogen and oxygen atoms in total. The standard InChI is InChI=1S/C19H17BrN4S/c1-23-11-9-13(12-23)18-17(16-4-2-3-10-21-16)22-19(25)24(18)15-7-5-14(20)6-8-15/h2-12,17-18H,1H3,(H,22,25). The van der Waals surface area contributed by atoms with Crippen molar-refractivity contribution in [2.24, 2.45) is 7.05 Å². The van der Waals surface area contributed by atoms with Crippen molar-refractivity contribution in [3.63, 3.8) is 0 Å². The lowest BCUT2D eigenvalue weighted by Gasteiger charge is -2.27. The number of anilines is 1. The Balaban J connectivity index is 1.81.